The molecule has 4 rings (SSSR count). The lowest BCUT2D eigenvalue weighted by molar-refractivity contribution is 0.285. The van der Waals surface area contributed by atoms with Crippen molar-refractivity contribution in [3.8, 4) is 0 Å². The molecule has 1 heterocycles. The molecule has 0 aliphatic heterocycles. The first kappa shape index (κ1) is 26.5. The topological polar surface area (TPSA) is 73.3 Å². The monoisotopic (exact) mass is 505 g/mol. The van der Waals surface area contributed by atoms with Crippen LogP contribution in [0.25, 0.3) is 10.9 Å². The maximum atomic E-state index is 13.3. The first-order chi connectivity index (χ1) is 16.5. The first-order valence-electron chi connectivity index (χ1n) is 11.5. The first-order valence-corrected chi connectivity index (χ1v) is 12.7. The van der Waals surface area contributed by atoms with E-state index in [1.165, 1.54) is 43.7 Å². The third kappa shape index (κ3) is 7.18. The van der Waals surface area contributed by atoms with Crippen molar-refractivity contribution in [1.29, 1.82) is 0 Å². The van der Waals surface area contributed by atoms with Gasteiger partial charge in [-0.05, 0) is 79.8 Å². The number of benzene rings is 2. The fourth-order valence-corrected chi connectivity index (χ4v) is 5.18. The summed E-state index contributed by atoms with van der Waals surface area (Å²) >= 11 is 7.37. The van der Waals surface area contributed by atoms with Crippen LogP contribution in [0.5, 0.6) is 0 Å². The molecule has 9 heteroatoms. The summed E-state index contributed by atoms with van der Waals surface area (Å²) in [5.74, 6) is 2.55. The number of halogens is 2. The van der Waals surface area contributed by atoms with Crippen LogP contribution in [0.15, 0.2) is 47.4 Å². The Morgan fingerprint density at radius 1 is 1.03 bits per heavy atom. The van der Waals surface area contributed by atoms with Crippen LogP contribution in [-0.4, -0.2) is 49.4 Å². The molecule has 1 aliphatic carbocycles. The normalized spacial score (nSPS) is 17.7. The fourth-order valence-electron chi connectivity index (χ4n) is 4.14. The quantitative estimate of drug-likeness (QED) is 0.343. The summed E-state index contributed by atoms with van der Waals surface area (Å²) in [6.07, 6.45) is 4.79. The standard InChI is InChI=1S/C24H29ClFN5S.CH4O/c1-31(2)23-19-5-3-4-6-22(19)29-24(30-23)27-14-16-7-9-17(10-8-16)15-28-32-18-11-12-21(26)20(25)13-18;1-2/h3-6,11-13,16-17,28H,7-10,14-15H2,1-2H3,(H,27,29,30);2H,1H3. The van der Waals surface area contributed by atoms with E-state index in [1.807, 2.05) is 37.2 Å². The Hall–Kier alpha value is -2.13. The van der Waals surface area contributed by atoms with Crippen molar-refractivity contribution < 1.29 is 9.50 Å². The van der Waals surface area contributed by atoms with Gasteiger partial charge < -0.3 is 15.3 Å². The molecule has 0 radical (unpaired) electrons. The number of rotatable bonds is 8. The molecule has 1 aromatic heterocycles. The summed E-state index contributed by atoms with van der Waals surface area (Å²) in [5.41, 5.74) is 0.962. The van der Waals surface area contributed by atoms with Crippen molar-refractivity contribution in [3.63, 3.8) is 0 Å². The maximum Gasteiger partial charge on any atom is 0.225 e. The second kappa shape index (κ2) is 13.1. The molecule has 2 aromatic carbocycles. The Morgan fingerprint density at radius 3 is 2.38 bits per heavy atom. The second-order valence-electron chi connectivity index (χ2n) is 8.58. The highest BCUT2D eigenvalue weighted by atomic mass is 35.5. The highest BCUT2D eigenvalue weighted by molar-refractivity contribution is 7.97. The zero-order valence-corrected chi connectivity index (χ0v) is 21.5. The number of aliphatic hydroxyl groups excluding tert-OH is 1. The van der Waals surface area contributed by atoms with Crippen LogP contribution in [-0.2, 0) is 0 Å². The number of aliphatic hydroxyl groups is 1. The molecule has 3 aromatic rings. The molecule has 184 valence electrons. The fraction of sp³-hybridized carbons (Fsp3) is 0.440. The van der Waals surface area contributed by atoms with Crippen LogP contribution in [0, 0.1) is 17.7 Å². The highest BCUT2D eigenvalue weighted by Gasteiger charge is 2.21. The summed E-state index contributed by atoms with van der Waals surface area (Å²) in [6, 6.07) is 12.9. The summed E-state index contributed by atoms with van der Waals surface area (Å²) in [4.78, 5) is 12.4. The molecule has 0 unspecified atom stereocenters. The number of hydrogen-bond donors (Lipinski definition) is 3. The third-order valence-corrected chi connectivity index (χ3v) is 7.07. The van der Waals surface area contributed by atoms with Gasteiger partial charge >= 0.3 is 0 Å². The van der Waals surface area contributed by atoms with Gasteiger partial charge in [0.15, 0.2) is 0 Å². The number of nitrogens with zero attached hydrogens (tertiary/aromatic N) is 3. The van der Waals surface area contributed by atoms with Crippen LogP contribution in [0.1, 0.15) is 25.7 Å². The number of nitrogens with one attached hydrogen (secondary N) is 2. The zero-order valence-electron chi connectivity index (χ0n) is 19.9. The Bertz CT molecular complexity index is 1060. The van der Waals surface area contributed by atoms with Crippen molar-refractivity contribution >= 4 is 46.2 Å². The molecular formula is C25H33ClFN5OS. The van der Waals surface area contributed by atoms with Gasteiger partial charge in [0, 0.05) is 44.6 Å². The second-order valence-corrected chi connectivity index (χ2v) is 9.95. The Balaban J connectivity index is 0.00000158. The lowest BCUT2D eigenvalue weighted by atomic mass is 9.82. The average Bonchev–Trinajstić information content (AvgIpc) is 2.86. The third-order valence-electron chi connectivity index (χ3n) is 5.97. The maximum absolute atomic E-state index is 13.3. The molecule has 1 saturated carbocycles. The molecule has 1 aliphatic rings. The molecule has 0 saturated heterocycles. The van der Waals surface area contributed by atoms with E-state index in [4.69, 9.17) is 26.7 Å². The molecule has 0 spiro atoms. The van der Waals surface area contributed by atoms with Crippen LogP contribution >= 0.6 is 23.5 Å². The van der Waals surface area contributed by atoms with Crippen LogP contribution in [0.2, 0.25) is 5.02 Å². The minimum atomic E-state index is -0.380. The van der Waals surface area contributed by atoms with Crippen molar-refractivity contribution in [2.45, 2.75) is 30.6 Å². The lowest BCUT2D eigenvalue weighted by Crippen LogP contribution is -2.26. The van der Waals surface area contributed by atoms with E-state index < -0.39 is 0 Å². The minimum absolute atomic E-state index is 0.165. The summed E-state index contributed by atoms with van der Waals surface area (Å²) in [7, 11) is 5.02. The number of hydrogen-bond acceptors (Lipinski definition) is 7. The van der Waals surface area contributed by atoms with E-state index in [0.717, 1.165) is 41.8 Å². The summed E-state index contributed by atoms with van der Waals surface area (Å²) in [5, 5.41) is 11.7. The van der Waals surface area contributed by atoms with E-state index in [2.05, 4.69) is 16.1 Å². The molecule has 0 atom stereocenters. The largest absolute Gasteiger partial charge is 0.400 e. The summed E-state index contributed by atoms with van der Waals surface area (Å²) < 4.78 is 16.7. The van der Waals surface area contributed by atoms with Gasteiger partial charge in [-0.25, -0.2) is 9.37 Å². The molecule has 0 bridgehead atoms. The molecule has 6 nitrogen and oxygen atoms in total. The lowest BCUT2D eigenvalue weighted by Gasteiger charge is -2.28. The van der Waals surface area contributed by atoms with Crippen molar-refractivity contribution in [1.82, 2.24) is 14.7 Å². The van der Waals surface area contributed by atoms with Gasteiger partial charge in [-0.3, -0.25) is 4.72 Å². The van der Waals surface area contributed by atoms with E-state index in [0.29, 0.717) is 17.8 Å². The van der Waals surface area contributed by atoms with Crippen molar-refractivity contribution in [2.75, 3.05) is 44.5 Å². The number of anilines is 2. The SMILES string of the molecule is CN(C)c1nc(NCC2CCC(CNSc3ccc(F)c(Cl)c3)CC2)nc2ccccc12.CO. The molecule has 34 heavy (non-hydrogen) atoms. The predicted octanol–water partition coefficient (Wildman–Crippen LogP) is 5.61. The molecule has 0 amide bonds. The van der Waals surface area contributed by atoms with Gasteiger partial charge in [-0.15, -0.1) is 0 Å². The minimum Gasteiger partial charge on any atom is -0.400 e. The van der Waals surface area contributed by atoms with Gasteiger partial charge in [-0.2, -0.15) is 4.98 Å². The van der Waals surface area contributed by atoms with E-state index in [9.17, 15) is 4.39 Å². The highest BCUT2D eigenvalue weighted by Crippen LogP contribution is 2.30. The van der Waals surface area contributed by atoms with Crippen LogP contribution in [0.4, 0.5) is 16.2 Å². The number of aromatic nitrogens is 2. The van der Waals surface area contributed by atoms with Crippen molar-refractivity contribution in [2.24, 2.45) is 11.8 Å². The molecular weight excluding hydrogens is 473 g/mol. The number of para-hydroxylation sites is 1. The Kier molecular flexibility index (Phi) is 10.2. The van der Waals surface area contributed by atoms with Crippen LogP contribution in [0.3, 0.4) is 0 Å². The van der Waals surface area contributed by atoms with E-state index in [1.54, 1.807) is 12.1 Å². The summed E-state index contributed by atoms with van der Waals surface area (Å²) in [6.45, 7) is 1.84. The molecule has 3 N–H and O–H groups in total. The van der Waals surface area contributed by atoms with Gasteiger partial charge in [0.25, 0.3) is 0 Å². The van der Waals surface area contributed by atoms with Gasteiger partial charge in [0.1, 0.15) is 11.6 Å². The Labute approximate surface area is 210 Å². The smallest absolute Gasteiger partial charge is 0.225 e. The van der Waals surface area contributed by atoms with Gasteiger partial charge in [0.2, 0.25) is 5.95 Å². The average molecular weight is 506 g/mol. The van der Waals surface area contributed by atoms with E-state index in [-0.39, 0.29) is 10.8 Å². The molecule has 1 fully saturated rings. The zero-order chi connectivity index (χ0) is 24.5. The van der Waals surface area contributed by atoms with Gasteiger partial charge in [0.05, 0.1) is 10.5 Å². The van der Waals surface area contributed by atoms with Crippen LogP contribution < -0.4 is 14.9 Å². The Morgan fingerprint density at radius 2 is 1.71 bits per heavy atom. The van der Waals surface area contributed by atoms with Crippen molar-refractivity contribution in [3.05, 3.63) is 53.3 Å². The predicted molar refractivity (Wildman–Crippen MR) is 141 cm³/mol. The number of fused-ring (bicyclic) bond motifs is 1. The van der Waals surface area contributed by atoms with E-state index >= 15 is 0 Å². The van der Waals surface area contributed by atoms with Gasteiger partial charge in [-0.1, -0.05) is 23.7 Å².